The van der Waals surface area contributed by atoms with Crippen LogP contribution >= 0.6 is 0 Å². The molecule has 80 valence electrons. The van der Waals surface area contributed by atoms with Crippen LogP contribution in [0.1, 0.15) is 19.3 Å². The van der Waals surface area contributed by atoms with E-state index in [2.05, 4.69) is 11.9 Å². The third kappa shape index (κ3) is 2.16. The van der Waals surface area contributed by atoms with E-state index in [-0.39, 0.29) is 11.7 Å². The largest absolute Gasteiger partial charge is 0.372 e. The summed E-state index contributed by atoms with van der Waals surface area (Å²) in [4.78, 5) is 0. The summed E-state index contributed by atoms with van der Waals surface area (Å²) in [6.45, 7) is 7.14. The van der Waals surface area contributed by atoms with E-state index < -0.39 is 0 Å². The number of nitrogens with one attached hydrogen (secondary N) is 1. The lowest BCUT2D eigenvalue weighted by molar-refractivity contribution is -0.0176. The van der Waals surface area contributed by atoms with Gasteiger partial charge in [-0.3, -0.25) is 0 Å². The molecule has 3 nitrogen and oxygen atoms in total. The standard InChI is InChI=1S/C11H19NO2/c1-2-6-13-10-7-11(14-8-10)4-3-5-12-9-11/h2,10,12H,1,3-9H2/t10-,11+/m0/s1. The first kappa shape index (κ1) is 10.1. The van der Waals surface area contributed by atoms with Gasteiger partial charge in [0.1, 0.15) is 0 Å². The van der Waals surface area contributed by atoms with Gasteiger partial charge in [-0.05, 0) is 19.4 Å². The topological polar surface area (TPSA) is 30.5 Å². The van der Waals surface area contributed by atoms with Gasteiger partial charge < -0.3 is 14.8 Å². The smallest absolute Gasteiger partial charge is 0.0841 e. The van der Waals surface area contributed by atoms with Gasteiger partial charge in [-0.25, -0.2) is 0 Å². The van der Waals surface area contributed by atoms with Gasteiger partial charge in [0, 0.05) is 13.0 Å². The average molecular weight is 197 g/mol. The van der Waals surface area contributed by atoms with Gasteiger partial charge in [-0.2, -0.15) is 0 Å². The molecule has 0 saturated carbocycles. The number of rotatable bonds is 3. The average Bonchev–Trinajstić information content (AvgIpc) is 2.60. The second-order valence-electron chi connectivity index (χ2n) is 4.22. The highest BCUT2D eigenvalue weighted by Crippen LogP contribution is 2.33. The molecule has 2 heterocycles. The van der Waals surface area contributed by atoms with Crippen LogP contribution in [-0.2, 0) is 9.47 Å². The van der Waals surface area contributed by atoms with E-state index in [4.69, 9.17) is 9.47 Å². The van der Waals surface area contributed by atoms with Crippen LogP contribution < -0.4 is 5.32 Å². The highest BCUT2D eigenvalue weighted by Gasteiger charge is 2.41. The Bertz CT molecular complexity index is 199. The molecule has 0 amide bonds. The van der Waals surface area contributed by atoms with Gasteiger partial charge in [0.15, 0.2) is 0 Å². The second kappa shape index (κ2) is 4.43. The first-order valence-corrected chi connectivity index (χ1v) is 5.42. The molecule has 2 fully saturated rings. The Labute approximate surface area is 85.5 Å². The van der Waals surface area contributed by atoms with E-state index in [0.29, 0.717) is 6.61 Å². The summed E-state index contributed by atoms with van der Waals surface area (Å²) >= 11 is 0. The highest BCUT2D eigenvalue weighted by atomic mass is 16.6. The third-order valence-corrected chi connectivity index (χ3v) is 3.06. The Kier molecular flexibility index (Phi) is 3.21. The van der Waals surface area contributed by atoms with Crippen molar-refractivity contribution >= 4 is 0 Å². The van der Waals surface area contributed by atoms with Crippen LogP contribution in [0.2, 0.25) is 0 Å². The first-order valence-electron chi connectivity index (χ1n) is 5.42. The normalized spacial score (nSPS) is 37.6. The van der Waals surface area contributed by atoms with E-state index in [9.17, 15) is 0 Å². The maximum absolute atomic E-state index is 5.87. The minimum atomic E-state index is 0.0735. The molecule has 0 aromatic heterocycles. The Hall–Kier alpha value is -0.380. The molecule has 0 bridgehead atoms. The molecule has 0 aromatic carbocycles. The van der Waals surface area contributed by atoms with E-state index in [0.717, 1.165) is 26.1 Å². The molecular weight excluding hydrogens is 178 g/mol. The zero-order valence-corrected chi connectivity index (χ0v) is 8.63. The zero-order valence-electron chi connectivity index (χ0n) is 8.63. The summed E-state index contributed by atoms with van der Waals surface area (Å²) in [6, 6.07) is 0. The summed E-state index contributed by atoms with van der Waals surface area (Å²) in [5.74, 6) is 0. The van der Waals surface area contributed by atoms with E-state index in [1.165, 1.54) is 12.8 Å². The summed E-state index contributed by atoms with van der Waals surface area (Å²) in [5.41, 5.74) is 0.0735. The molecule has 0 aliphatic carbocycles. The molecule has 14 heavy (non-hydrogen) atoms. The molecule has 0 radical (unpaired) electrons. The molecule has 2 atom stereocenters. The summed E-state index contributed by atoms with van der Waals surface area (Å²) in [7, 11) is 0. The highest BCUT2D eigenvalue weighted by molar-refractivity contribution is 4.94. The van der Waals surface area contributed by atoms with Crippen LogP contribution in [0.3, 0.4) is 0 Å². The molecule has 2 aliphatic heterocycles. The van der Waals surface area contributed by atoms with Crippen LogP contribution in [-0.4, -0.2) is 38.0 Å². The molecule has 3 heteroatoms. The fourth-order valence-electron chi connectivity index (χ4n) is 2.35. The Morgan fingerprint density at radius 1 is 1.64 bits per heavy atom. The Morgan fingerprint density at radius 3 is 3.29 bits per heavy atom. The lowest BCUT2D eigenvalue weighted by Crippen LogP contribution is -2.45. The second-order valence-corrected chi connectivity index (χ2v) is 4.22. The first-order chi connectivity index (χ1) is 6.85. The quantitative estimate of drug-likeness (QED) is 0.687. The fraction of sp³-hybridized carbons (Fsp3) is 0.818. The summed E-state index contributed by atoms with van der Waals surface area (Å²) < 4.78 is 11.5. The van der Waals surface area contributed by atoms with Gasteiger partial charge in [-0.1, -0.05) is 6.08 Å². The predicted molar refractivity (Wildman–Crippen MR) is 55.3 cm³/mol. The number of ether oxygens (including phenoxy) is 2. The van der Waals surface area contributed by atoms with Gasteiger partial charge in [-0.15, -0.1) is 6.58 Å². The summed E-state index contributed by atoms with van der Waals surface area (Å²) in [6.07, 6.45) is 5.49. The van der Waals surface area contributed by atoms with Gasteiger partial charge in [0.05, 0.1) is 24.9 Å². The predicted octanol–water partition coefficient (Wildman–Crippen LogP) is 1.10. The van der Waals surface area contributed by atoms with Crippen molar-refractivity contribution in [2.45, 2.75) is 31.0 Å². The van der Waals surface area contributed by atoms with Crippen LogP contribution in [0.5, 0.6) is 0 Å². The lowest BCUT2D eigenvalue weighted by atomic mass is 9.90. The molecule has 1 spiro atoms. The van der Waals surface area contributed by atoms with Crippen molar-refractivity contribution < 1.29 is 9.47 Å². The molecular formula is C11H19NO2. The monoisotopic (exact) mass is 197 g/mol. The van der Waals surface area contributed by atoms with Gasteiger partial charge in [0.2, 0.25) is 0 Å². The summed E-state index contributed by atoms with van der Waals surface area (Å²) in [5, 5.41) is 3.39. The van der Waals surface area contributed by atoms with Crippen molar-refractivity contribution in [2.24, 2.45) is 0 Å². The Morgan fingerprint density at radius 2 is 2.57 bits per heavy atom. The van der Waals surface area contributed by atoms with Gasteiger partial charge >= 0.3 is 0 Å². The van der Waals surface area contributed by atoms with E-state index in [1.54, 1.807) is 6.08 Å². The van der Waals surface area contributed by atoms with Crippen molar-refractivity contribution in [3.8, 4) is 0 Å². The van der Waals surface area contributed by atoms with Crippen molar-refractivity contribution in [3.63, 3.8) is 0 Å². The zero-order chi connectivity index (χ0) is 9.86. The molecule has 2 aliphatic rings. The van der Waals surface area contributed by atoms with Crippen LogP contribution in [0.25, 0.3) is 0 Å². The molecule has 1 N–H and O–H groups in total. The van der Waals surface area contributed by atoms with Crippen LogP contribution in [0.15, 0.2) is 12.7 Å². The van der Waals surface area contributed by atoms with Crippen LogP contribution in [0, 0.1) is 0 Å². The van der Waals surface area contributed by atoms with Crippen LogP contribution in [0.4, 0.5) is 0 Å². The van der Waals surface area contributed by atoms with E-state index in [1.807, 2.05) is 0 Å². The lowest BCUT2D eigenvalue weighted by Gasteiger charge is -2.32. The molecule has 2 rings (SSSR count). The SMILES string of the molecule is C=CCO[C@@H]1CO[C@]2(CCCNC2)C1. The number of hydrogen-bond donors (Lipinski definition) is 1. The maximum atomic E-state index is 5.87. The van der Waals surface area contributed by atoms with Gasteiger partial charge in [0.25, 0.3) is 0 Å². The number of piperidine rings is 1. The third-order valence-electron chi connectivity index (χ3n) is 3.06. The molecule has 2 saturated heterocycles. The minimum Gasteiger partial charge on any atom is -0.372 e. The fourth-order valence-corrected chi connectivity index (χ4v) is 2.35. The molecule has 0 unspecified atom stereocenters. The van der Waals surface area contributed by atoms with Crippen molar-refractivity contribution in [1.82, 2.24) is 5.32 Å². The van der Waals surface area contributed by atoms with Crippen molar-refractivity contribution in [1.29, 1.82) is 0 Å². The van der Waals surface area contributed by atoms with Crippen molar-refractivity contribution in [3.05, 3.63) is 12.7 Å². The van der Waals surface area contributed by atoms with E-state index >= 15 is 0 Å². The maximum Gasteiger partial charge on any atom is 0.0841 e. The Balaban J connectivity index is 1.82. The number of hydrogen-bond acceptors (Lipinski definition) is 3. The molecule has 0 aromatic rings. The minimum absolute atomic E-state index is 0.0735. The van der Waals surface area contributed by atoms with Crippen molar-refractivity contribution in [2.75, 3.05) is 26.3 Å².